The highest BCUT2D eigenvalue weighted by atomic mass is 16.5. The van der Waals surface area contributed by atoms with E-state index in [0.717, 1.165) is 58.6 Å². The molecule has 0 spiro atoms. The number of aromatic nitrogens is 3. The lowest BCUT2D eigenvalue weighted by molar-refractivity contribution is -0.131. The lowest BCUT2D eigenvalue weighted by atomic mass is 9.98. The van der Waals surface area contributed by atoms with E-state index in [1.165, 1.54) is 0 Å². The Morgan fingerprint density at radius 3 is 2.77 bits per heavy atom. The summed E-state index contributed by atoms with van der Waals surface area (Å²) in [5.41, 5.74) is 6.34. The van der Waals surface area contributed by atoms with E-state index in [2.05, 4.69) is 11.9 Å². The molecule has 6 heteroatoms. The molecule has 1 aromatic carbocycles. The van der Waals surface area contributed by atoms with E-state index >= 15 is 0 Å². The molecule has 6 nitrogen and oxygen atoms in total. The zero-order valence-corrected chi connectivity index (χ0v) is 18.1. The lowest BCUT2D eigenvalue weighted by Gasteiger charge is -2.25. The first-order valence-electron chi connectivity index (χ1n) is 10.4. The molecular formula is C24H28N4O2. The van der Waals surface area contributed by atoms with Crippen LogP contribution in [-0.4, -0.2) is 39.2 Å². The summed E-state index contributed by atoms with van der Waals surface area (Å²) in [7, 11) is 3.60. The van der Waals surface area contributed by atoms with Crippen molar-refractivity contribution in [3.63, 3.8) is 0 Å². The molecule has 1 fully saturated rings. The molecule has 3 aromatic rings. The van der Waals surface area contributed by atoms with Crippen LogP contribution in [0, 0.1) is 13.8 Å². The molecule has 1 amide bonds. The van der Waals surface area contributed by atoms with Crippen LogP contribution in [0.3, 0.4) is 0 Å². The Kier molecular flexibility index (Phi) is 5.57. The quantitative estimate of drug-likeness (QED) is 0.645. The van der Waals surface area contributed by atoms with Gasteiger partial charge < -0.3 is 9.64 Å². The number of nitrogens with zero attached hydrogens (tertiary/aromatic N) is 4. The fraction of sp³-hybridized carbons (Fsp3) is 0.375. The summed E-state index contributed by atoms with van der Waals surface area (Å²) in [5.74, 6) is 0.987. The normalized spacial score (nSPS) is 16.1. The average molecular weight is 405 g/mol. The van der Waals surface area contributed by atoms with E-state index in [-0.39, 0.29) is 11.9 Å². The van der Waals surface area contributed by atoms with Crippen molar-refractivity contribution in [2.45, 2.75) is 39.2 Å². The molecule has 0 radical (unpaired) electrons. The number of benzene rings is 1. The van der Waals surface area contributed by atoms with Crippen LogP contribution in [0.1, 0.15) is 41.3 Å². The van der Waals surface area contributed by atoms with Gasteiger partial charge in [-0.05, 0) is 61.1 Å². The maximum absolute atomic E-state index is 13.2. The zero-order valence-electron chi connectivity index (χ0n) is 18.1. The zero-order chi connectivity index (χ0) is 21.3. The van der Waals surface area contributed by atoms with Gasteiger partial charge in [-0.2, -0.15) is 5.10 Å². The first kappa shape index (κ1) is 20.1. The Balaban J connectivity index is 1.61. The highest BCUT2D eigenvalue weighted by Crippen LogP contribution is 2.38. The molecule has 0 N–H and O–H groups in total. The largest absolute Gasteiger partial charge is 0.496 e. The number of pyridine rings is 1. The van der Waals surface area contributed by atoms with Crippen LogP contribution in [-0.2, 0) is 18.3 Å². The molecule has 156 valence electrons. The molecule has 1 aliphatic heterocycles. The molecule has 30 heavy (non-hydrogen) atoms. The van der Waals surface area contributed by atoms with Crippen LogP contribution >= 0.6 is 0 Å². The molecule has 4 rings (SSSR count). The van der Waals surface area contributed by atoms with Crippen molar-refractivity contribution in [2.24, 2.45) is 7.05 Å². The SMILES string of the molecule is COc1ccc(CC(=O)N2CCCC2c2nn(C)cc2-c2ccncc2C)cc1C. The number of likely N-dealkylation sites (tertiary alicyclic amines) is 1. The molecule has 1 saturated heterocycles. The van der Waals surface area contributed by atoms with Gasteiger partial charge in [-0.25, -0.2) is 0 Å². The van der Waals surface area contributed by atoms with Crippen LogP contribution in [0.2, 0.25) is 0 Å². The second-order valence-corrected chi connectivity index (χ2v) is 8.02. The van der Waals surface area contributed by atoms with Gasteiger partial charge in [0.05, 0.1) is 25.3 Å². The van der Waals surface area contributed by atoms with Crippen LogP contribution in [0.5, 0.6) is 5.75 Å². The number of amides is 1. The maximum Gasteiger partial charge on any atom is 0.227 e. The van der Waals surface area contributed by atoms with Crippen LogP contribution in [0.15, 0.2) is 42.9 Å². The summed E-state index contributed by atoms with van der Waals surface area (Å²) >= 11 is 0. The van der Waals surface area contributed by atoms with E-state index < -0.39 is 0 Å². The van der Waals surface area contributed by atoms with Gasteiger partial charge in [0.15, 0.2) is 0 Å². The number of rotatable bonds is 5. The fourth-order valence-electron chi connectivity index (χ4n) is 4.41. The van der Waals surface area contributed by atoms with E-state index in [9.17, 15) is 4.79 Å². The average Bonchev–Trinajstić information content (AvgIpc) is 3.35. The monoisotopic (exact) mass is 404 g/mol. The molecule has 1 aliphatic rings. The summed E-state index contributed by atoms with van der Waals surface area (Å²) in [6.07, 6.45) is 8.03. The minimum atomic E-state index is 0.000565. The number of carbonyl (C=O) groups is 1. The molecule has 0 saturated carbocycles. The van der Waals surface area contributed by atoms with Gasteiger partial charge >= 0.3 is 0 Å². The second-order valence-electron chi connectivity index (χ2n) is 8.02. The molecule has 2 aromatic heterocycles. The van der Waals surface area contributed by atoms with Crippen molar-refractivity contribution < 1.29 is 9.53 Å². The number of aryl methyl sites for hydroxylation is 3. The van der Waals surface area contributed by atoms with Gasteiger partial charge in [0.1, 0.15) is 5.75 Å². The number of methoxy groups -OCH3 is 1. The van der Waals surface area contributed by atoms with Gasteiger partial charge in [0.25, 0.3) is 0 Å². The van der Waals surface area contributed by atoms with E-state index in [4.69, 9.17) is 9.84 Å². The Morgan fingerprint density at radius 1 is 1.20 bits per heavy atom. The van der Waals surface area contributed by atoms with E-state index in [1.807, 2.05) is 66.4 Å². The molecule has 0 bridgehead atoms. The summed E-state index contributed by atoms with van der Waals surface area (Å²) < 4.78 is 7.18. The molecule has 0 aliphatic carbocycles. The highest BCUT2D eigenvalue weighted by Gasteiger charge is 2.33. The number of carbonyl (C=O) groups excluding carboxylic acids is 1. The van der Waals surface area contributed by atoms with Crippen molar-refractivity contribution in [2.75, 3.05) is 13.7 Å². The van der Waals surface area contributed by atoms with Crippen LogP contribution < -0.4 is 4.74 Å². The summed E-state index contributed by atoms with van der Waals surface area (Å²) in [4.78, 5) is 19.5. The third-order valence-electron chi connectivity index (χ3n) is 5.87. The third-order valence-corrected chi connectivity index (χ3v) is 5.87. The predicted molar refractivity (Wildman–Crippen MR) is 116 cm³/mol. The molecule has 1 unspecified atom stereocenters. The minimum Gasteiger partial charge on any atom is -0.496 e. The predicted octanol–water partition coefficient (Wildman–Crippen LogP) is 4.01. The third kappa shape index (κ3) is 3.82. The van der Waals surface area contributed by atoms with Crippen molar-refractivity contribution in [3.8, 4) is 16.9 Å². The Labute approximate surface area is 177 Å². The van der Waals surface area contributed by atoms with Crippen molar-refractivity contribution >= 4 is 5.91 Å². The summed E-state index contributed by atoms with van der Waals surface area (Å²) in [6, 6.07) is 7.97. The topological polar surface area (TPSA) is 60.2 Å². The standard InChI is InChI=1S/C24H28N4O2/c1-16-12-18(7-8-22(16)30-4)13-23(29)28-11-5-6-21(28)24-20(15-27(3)26-24)19-9-10-25-14-17(19)2/h7-10,12,14-15,21H,5-6,11,13H2,1-4H3. The van der Waals surface area contributed by atoms with Gasteiger partial charge in [-0.3, -0.25) is 14.5 Å². The summed E-state index contributed by atoms with van der Waals surface area (Å²) in [6.45, 7) is 4.83. The molecular weight excluding hydrogens is 376 g/mol. The second kappa shape index (κ2) is 8.30. The van der Waals surface area contributed by atoms with E-state index in [0.29, 0.717) is 6.42 Å². The van der Waals surface area contributed by atoms with Crippen molar-refractivity contribution in [1.29, 1.82) is 0 Å². The Morgan fingerprint density at radius 2 is 2.03 bits per heavy atom. The first-order valence-corrected chi connectivity index (χ1v) is 10.4. The summed E-state index contributed by atoms with van der Waals surface area (Å²) in [5, 5.41) is 4.77. The van der Waals surface area contributed by atoms with Gasteiger partial charge in [-0.15, -0.1) is 0 Å². The van der Waals surface area contributed by atoms with Gasteiger partial charge in [0.2, 0.25) is 5.91 Å². The fourth-order valence-corrected chi connectivity index (χ4v) is 4.41. The molecule has 3 heterocycles. The van der Waals surface area contributed by atoms with Gasteiger partial charge in [-0.1, -0.05) is 12.1 Å². The van der Waals surface area contributed by atoms with Crippen molar-refractivity contribution in [3.05, 3.63) is 65.2 Å². The number of hydrogen-bond donors (Lipinski definition) is 0. The van der Waals surface area contributed by atoms with Crippen LogP contribution in [0.25, 0.3) is 11.1 Å². The van der Waals surface area contributed by atoms with E-state index in [1.54, 1.807) is 7.11 Å². The Bertz CT molecular complexity index is 1070. The lowest BCUT2D eigenvalue weighted by Crippen LogP contribution is -2.32. The first-order chi connectivity index (χ1) is 14.5. The molecule has 1 atom stereocenters. The highest BCUT2D eigenvalue weighted by molar-refractivity contribution is 5.80. The Hall–Kier alpha value is -3.15. The van der Waals surface area contributed by atoms with Crippen LogP contribution in [0.4, 0.5) is 0 Å². The minimum absolute atomic E-state index is 0.000565. The number of ether oxygens (including phenoxy) is 1. The number of hydrogen-bond acceptors (Lipinski definition) is 4. The van der Waals surface area contributed by atoms with Gasteiger partial charge in [0, 0.05) is 37.7 Å². The smallest absolute Gasteiger partial charge is 0.227 e. The van der Waals surface area contributed by atoms with Crippen molar-refractivity contribution in [1.82, 2.24) is 19.7 Å². The maximum atomic E-state index is 13.2.